The largest absolute Gasteiger partial charge is 0.497 e. The number of rotatable bonds is 8. The van der Waals surface area contributed by atoms with Crippen LogP contribution in [0.15, 0.2) is 71.3 Å². The van der Waals surface area contributed by atoms with E-state index in [-0.39, 0.29) is 5.91 Å². The number of ether oxygens (including phenoxy) is 2. The summed E-state index contributed by atoms with van der Waals surface area (Å²) >= 11 is 3.36. The lowest BCUT2D eigenvalue weighted by atomic mass is 10.0. The fraction of sp³-hybridized carbons (Fsp3) is 0.0800. The third-order valence-corrected chi connectivity index (χ3v) is 5.17. The number of amides is 1. The van der Waals surface area contributed by atoms with E-state index in [2.05, 4.69) is 21.2 Å². The molecule has 3 rings (SSSR count). The van der Waals surface area contributed by atoms with E-state index < -0.39 is 4.92 Å². The number of anilines is 1. The zero-order chi connectivity index (χ0) is 23.8. The quantitative estimate of drug-likeness (QED) is 0.224. The van der Waals surface area contributed by atoms with E-state index in [4.69, 9.17) is 9.47 Å². The molecule has 3 aromatic carbocycles. The number of carbonyl (C=O) groups excluding carboxylic acids is 1. The highest BCUT2D eigenvalue weighted by Gasteiger charge is 2.10. The van der Waals surface area contributed by atoms with Gasteiger partial charge in [-0.2, -0.15) is 0 Å². The van der Waals surface area contributed by atoms with Gasteiger partial charge in [-0.15, -0.1) is 0 Å². The molecular formula is C25H21BrN2O5. The summed E-state index contributed by atoms with van der Waals surface area (Å²) in [5, 5.41) is 13.7. The van der Waals surface area contributed by atoms with E-state index >= 15 is 0 Å². The van der Waals surface area contributed by atoms with Crippen molar-refractivity contribution in [3.63, 3.8) is 0 Å². The lowest BCUT2D eigenvalue weighted by Gasteiger charge is -2.11. The van der Waals surface area contributed by atoms with Crippen LogP contribution in [0.5, 0.6) is 11.5 Å². The molecule has 0 fully saturated rings. The number of hydrogen-bond acceptors (Lipinski definition) is 5. The first-order chi connectivity index (χ1) is 15.9. The molecule has 0 aliphatic rings. The van der Waals surface area contributed by atoms with Crippen LogP contribution in [0.1, 0.15) is 27.0 Å². The molecule has 33 heavy (non-hydrogen) atoms. The van der Waals surface area contributed by atoms with Crippen LogP contribution in [0.2, 0.25) is 0 Å². The predicted octanol–water partition coefficient (Wildman–Crippen LogP) is 6.14. The second-order valence-electron chi connectivity index (χ2n) is 6.85. The molecular weight excluding hydrogens is 488 g/mol. The Labute approximate surface area is 199 Å². The molecule has 0 saturated carbocycles. The Balaban J connectivity index is 1.82. The van der Waals surface area contributed by atoms with Crippen molar-refractivity contribution in [2.45, 2.75) is 0 Å². The van der Waals surface area contributed by atoms with Gasteiger partial charge in [-0.25, -0.2) is 0 Å². The van der Waals surface area contributed by atoms with Crippen molar-refractivity contribution in [3.8, 4) is 11.5 Å². The summed E-state index contributed by atoms with van der Waals surface area (Å²) in [5.41, 5.74) is 3.34. The molecule has 0 aromatic heterocycles. The molecule has 168 valence electrons. The average Bonchev–Trinajstić information content (AvgIpc) is 2.81. The van der Waals surface area contributed by atoms with E-state index in [1.807, 2.05) is 30.4 Å². The second-order valence-corrected chi connectivity index (χ2v) is 7.77. The van der Waals surface area contributed by atoms with Gasteiger partial charge in [0.05, 0.1) is 19.1 Å². The third kappa shape index (κ3) is 6.54. The molecule has 0 spiro atoms. The Kier molecular flexibility index (Phi) is 7.99. The third-order valence-electron chi connectivity index (χ3n) is 4.68. The number of carbonyl (C=O) groups is 1. The van der Waals surface area contributed by atoms with Gasteiger partial charge in [-0.05, 0) is 47.5 Å². The number of hydrogen-bond donors (Lipinski definition) is 1. The molecule has 0 radical (unpaired) electrons. The lowest BCUT2D eigenvalue weighted by Crippen LogP contribution is -2.11. The molecule has 0 heterocycles. The Morgan fingerprint density at radius 2 is 1.76 bits per heavy atom. The van der Waals surface area contributed by atoms with Gasteiger partial charge in [0.1, 0.15) is 11.5 Å². The topological polar surface area (TPSA) is 90.7 Å². The molecule has 0 unspecified atom stereocenters. The molecule has 7 nitrogen and oxygen atoms in total. The van der Waals surface area contributed by atoms with Crippen LogP contribution >= 0.6 is 15.9 Å². The number of halogens is 1. The normalized spacial score (nSPS) is 11.0. The van der Waals surface area contributed by atoms with E-state index in [0.717, 1.165) is 16.2 Å². The first-order valence-corrected chi connectivity index (χ1v) is 10.6. The summed E-state index contributed by atoms with van der Waals surface area (Å²) in [4.78, 5) is 22.7. The molecule has 0 aliphatic heterocycles. The zero-order valence-electron chi connectivity index (χ0n) is 17.9. The maximum absolute atomic E-state index is 12.4. The molecule has 0 saturated heterocycles. The van der Waals surface area contributed by atoms with Gasteiger partial charge in [0, 0.05) is 33.4 Å². The van der Waals surface area contributed by atoms with Crippen LogP contribution in [-0.4, -0.2) is 25.1 Å². The molecule has 0 atom stereocenters. The Hall–Kier alpha value is -3.91. The molecule has 8 heteroatoms. The highest BCUT2D eigenvalue weighted by atomic mass is 79.9. The summed E-state index contributed by atoms with van der Waals surface area (Å²) < 4.78 is 11.5. The summed E-state index contributed by atoms with van der Waals surface area (Å²) in [6.45, 7) is 0. The summed E-state index contributed by atoms with van der Waals surface area (Å²) in [7, 11) is 3.03. The van der Waals surface area contributed by atoms with Crippen molar-refractivity contribution in [1.29, 1.82) is 0 Å². The van der Waals surface area contributed by atoms with Crippen molar-refractivity contribution in [2.24, 2.45) is 0 Å². The van der Waals surface area contributed by atoms with Crippen molar-refractivity contribution in [1.82, 2.24) is 0 Å². The van der Waals surface area contributed by atoms with E-state index in [0.29, 0.717) is 33.9 Å². The molecule has 1 amide bonds. The maximum Gasteiger partial charge on any atom is 0.255 e. The smallest absolute Gasteiger partial charge is 0.255 e. The molecule has 0 aliphatic carbocycles. The fourth-order valence-electron chi connectivity index (χ4n) is 3.06. The maximum atomic E-state index is 12.4. The van der Waals surface area contributed by atoms with E-state index in [1.54, 1.807) is 42.5 Å². The van der Waals surface area contributed by atoms with Crippen LogP contribution < -0.4 is 14.8 Å². The van der Waals surface area contributed by atoms with Crippen molar-refractivity contribution in [3.05, 3.63) is 104 Å². The van der Waals surface area contributed by atoms with Gasteiger partial charge in [-0.1, -0.05) is 46.3 Å². The second kappa shape index (κ2) is 11.1. The highest BCUT2D eigenvalue weighted by molar-refractivity contribution is 9.10. The van der Waals surface area contributed by atoms with Crippen molar-refractivity contribution < 1.29 is 19.2 Å². The molecule has 0 bridgehead atoms. The summed E-state index contributed by atoms with van der Waals surface area (Å²) in [6.07, 6.45) is 5.93. The molecule has 3 aromatic rings. The first kappa shape index (κ1) is 23.7. The van der Waals surface area contributed by atoms with Crippen LogP contribution in [0.3, 0.4) is 0 Å². The number of nitrogens with zero attached hydrogens (tertiary/aromatic N) is 1. The monoisotopic (exact) mass is 508 g/mol. The van der Waals surface area contributed by atoms with Gasteiger partial charge >= 0.3 is 0 Å². The van der Waals surface area contributed by atoms with Crippen molar-refractivity contribution >= 4 is 45.8 Å². The van der Waals surface area contributed by atoms with E-state index in [9.17, 15) is 14.9 Å². The SMILES string of the molecule is COc1cc(/C=C/c2ccc(NC(=O)c3cccc(Br)c3)cc2)c(/C=C/[N+](=O)[O-])c(OC)c1. The van der Waals surface area contributed by atoms with Gasteiger partial charge in [0.2, 0.25) is 6.20 Å². The predicted molar refractivity (Wildman–Crippen MR) is 133 cm³/mol. The summed E-state index contributed by atoms with van der Waals surface area (Å²) in [5.74, 6) is 0.818. The number of nitro groups is 1. The van der Waals surface area contributed by atoms with Crippen LogP contribution in [-0.2, 0) is 0 Å². The molecule has 1 N–H and O–H groups in total. The van der Waals surface area contributed by atoms with Crippen molar-refractivity contribution in [2.75, 3.05) is 19.5 Å². The van der Waals surface area contributed by atoms with Gasteiger partial charge in [0.15, 0.2) is 0 Å². The van der Waals surface area contributed by atoms with Gasteiger partial charge in [0.25, 0.3) is 5.91 Å². The Morgan fingerprint density at radius 1 is 1.00 bits per heavy atom. The standard InChI is InChI=1S/C25H21BrN2O5/c1-32-22-15-18(23(12-13-28(30)31)24(16-22)33-2)9-6-17-7-10-21(11-8-17)27-25(29)19-4-3-5-20(26)14-19/h3-16H,1-2H3,(H,27,29)/b9-6+,13-12+. The minimum atomic E-state index is -0.529. The minimum absolute atomic E-state index is 0.203. The summed E-state index contributed by atoms with van der Waals surface area (Å²) in [6, 6.07) is 17.9. The van der Waals surface area contributed by atoms with E-state index in [1.165, 1.54) is 20.3 Å². The number of nitrogens with one attached hydrogen (secondary N) is 1. The van der Waals surface area contributed by atoms with Gasteiger partial charge in [-0.3, -0.25) is 14.9 Å². The Bertz CT molecular complexity index is 1220. The van der Waals surface area contributed by atoms with Gasteiger partial charge < -0.3 is 14.8 Å². The number of methoxy groups -OCH3 is 2. The highest BCUT2D eigenvalue weighted by Crippen LogP contribution is 2.31. The minimum Gasteiger partial charge on any atom is -0.497 e. The van der Waals surface area contributed by atoms with Crippen LogP contribution in [0, 0.1) is 10.1 Å². The Morgan fingerprint density at radius 3 is 2.39 bits per heavy atom. The first-order valence-electron chi connectivity index (χ1n) is 9.82. The average molecular weight is 509 g/mol. The van der Waals surface area contributed by atoms with Crippen LogP contribution in [0.4, 0.5) is 5.69 Å². The fourth-order valence-corrected chi connectivity index (χ4v) is 3.46. The number of benzene rings is 3. The lowest BCUT2D eigenvalue weighted by molar-refractivity contribution is -0.400. The van der Waals surface area contributed by atoms with Crippen LogP contribution in [0.25, 0.3) is 18.2 Å². The zero-order valence-corrected chi connectivity index (χ0v) is 19.5.